The third kappa shape index (κ3) is 6.84. The van der Waals surface area contributed by atoms with E-state index in [1.54, 1.807) is 63.2 Å². The average Bonchev–Trinajstić information content (AvgIpc) is 2.97. The van der Waals surface area contributed by atoms with Crippen LogP contribution in [0.4, 0.5) is 4.79 Å². The van der Waals surface area contributed by atoms with Crippen LogP contribution in [0.25, 0.3) is 0 Å². The van der Waals surface area contributed by atoms with Crippen LogP contribution in [0.2, 0.25) is 0 Å². The summed E-state index contributed by atoms with van der Waals surface area (Å²) in [5, 5.41) is 5.29. The number of alkyl carbamates (subject to hydrolysis) is 1. The molecule has 4 amide bonds. The van der Waals surface area contributed by atoms with Crippen molar-refractivity contribution in [3.05, 3.63) is 106 Å². The molecule has 0 aromatic heterocycles. The topological polar surface area (TPSA) is 165 Å². The maximum absolute atomic E-state index is 13.6. The normalized spacial score (nSPS) is 13.6. The first kappa shape index (κ1) is 30.8. The molecule has 4 rings (SSSR count). The van der Waals surface area contributed by atoms with Gasteiger partial charge in [-0.15, -0.1) is 0 Å². The van der Waals surface area contributed by atoms with E-state index in [1.165, 1.54) is 37.3 Å². The average molecular weight is 585 g/mol. The first-order chi connectivity index (χ1) is 20.3. The number of carbonyl (C=O) groups is 6. The van der Waals surface area contributed by atoms with Crippen molar-refractivity contribution in [3.63, 3.8) is 0 Å². The molecule has 0 saturated heterocycles. The van der Waals surface area contributed by atoms with Crippen LogP contribution in [0.1, 0.15) is 75.5 Å². The SMILES string of the molecule is C[C@H](NC(=O)OC(C)(C)C)C(=O)N[C@@H](Cc1ccccc1)C(=O)N(N)C(=O)c1cccc2c1C(=O)c1ccccc1C2=O. The summed E-state index contributed by atoms with van der Waals surface area (Å²) in [5.41, 5.74) is -0.155. The highest BCUT2D eigenvalue weighted by molar-refractivity contribution is 6.31. The zero-order chi connectivity index (χ0) is 31.5. The minimum absolute atomic E-state index is 0.0200. The van der Waals surface area contributed by atoms with Crippen LogP contribution >= 0.6 is 0 Å². The summed E-state index contributed by atoms with van der Waals surface area (Å²) in [4.78, 5) is 79.0. The number of carbonyl (C=O) groups excluding carboxylic acids is 6. The van der Waals surface area contributed by atoms with Gasteiger partial charge in [-0.2, -0.15) is 0 Å². The molecule has 43 heavy (non-hydrogen) atoms. The van der Waals surface area contributed by atoms with Gasteiger partial charge in [-0.25, -0.2) is 15.6 Å². The van der Waals surface area contributed by atoms with Gasteiger partial charge in [-0.05, 0) is 39.3 Å². The Hall–Kier alpha value is -5.16. The van der Waals surface area contributed by atoms with Crippen molar-refractivity contribution in [1.82, 2.24) is 15.6 Å². The number of ether oxygens (including phenoxy) is 1. The van der Waals surface area contributed by atoms with Gasteiger partial charge < -0.3 is 15.4 Å². The molecule has 0 saturated carbocycles. The predicted octanol–water partition coefficient (Wildman–Crippen LogP) is 2.95. The monoisotopic (exact) mass is 584 g/mol. The van der Waals surface area contributed by atoms with Crippen molar-refractivity contribution in [3.8, 4) is 0 Å². The molecule has 0 spiro atoms. The number of nitrogens with one attached hydrogen (secondary N) is 2. The van der Waals surface area contributed by atoms with E-state index < -0.39 is 53.1 Å². The van der Waals surface area contributed by atoms with Gasteiger partial charge in [0.2, 0.25) is 5.91 Å². The summed E-state index contributed by atoms with van der Waals surface area (Å²) in [6.07, 6.45) is -0.866. The van der Waals surface area contributed by atoms with Crippen molar-refractivity contribution < 1.29 is 33.5 Å². The Morgan fingerprint density at radius 2 is 1.40 bits per heavy atom. The molecule has 0 bridgehead atoms. The number of amides is 4. The predicted molar refractivity (Wildman–Crippen MR) is 156 cm³/mol. The summed E-state index contributed by atoms with van der Waals surface area (Å²) in [6, 6.07) is 16.7. The zero-order valence-electron chi connectivity index (χ0n) is 24.2. The zero-order valence-corrected chi connectivity index (χ0v) is 24.2. The second-order valence-corrected chi connectivity index (χ2v) is 11.1. The number of imide groups is 1. The molecule has 11 nitrogen and oxygen atoms in total. The van der Waals surface area contributed by atoms with Gasteiger partial charge in [-0.3, -0.25) is 24.0 Å². The fourth-order valence-corrected chi connectivity index (χ4v) is 4.62. The third-order valence-corrected chi connectivity index (χ3v) is 6.66. The van der Waals surface area contributed by atoms with Crippen molar-refractivity contribution in [2.24, 2.45) is 5.84 Å². The quantitative estimate of drug-likeness (QED) is 0.169. The van der Waals surface area contributed by atoms with Gasteiger partial charge in [0, 0.05) is 28.7 Å². The fraction of sp³-hybridized carbons (Fsp3) is 0.250. The number of hydrazine groups is 1. The molecule has 1 aliphatic carbocycles. The molecule has 222 valence electrons. The van der Waals surface area contributed by atoms with E-state index in [9.17, 15) is 28.8 Å². The summed E-state index contributed by atoms with van der Waals surface area (Å²) in [6.45, 7) is 6.42. The van der Waals surface area contributed by atoms with Crippen LogP contribution in [-0.4, -0.2) is 58.1 Å². The molecule has 0 heterocycles. The van der Waals surface area contributed by atoms with Crippen LogP contribution in [0.15, 0.2) is 72.8 Å². The highest BCUT2D eigenvalue weighted by atomic mass is 16.6. The summed E-state index contributed by atoms with van der Waals surface area (Å²) in [7, 11) is 0. The number of hydrogen-bond donors (Lipinski definition) is 3. The Kier molecular flexibility index (Phi) is 8.86. The van der Waals surface area contributed by atoms with Crippen molar-refractivity contribution >= 4 is 35.4 Å². The first-order valence-electron chi connectivity index (χ1n) is 13.6. The number of rotatable bonds is 7. The molecule has 11 heteroatoms. The Labute approximate surface area is 248 Å². The van der Waals surface area contributed by atoms with E-state index in [0.29, 0.717) is 10.6 Å². The lowest BCUT2D eigenvalue weighted by Crippen LogP contribution is -2.57. The second kappa shape index (κ2) is 12.4. The van der Waals surface area contributed by atoms with Gasteiger partial charge in [0.05, 0.1) is 5.56 Å². The largest absolute Gasteiger partial charge is 0.444 e. The Morgan fingerprint density at radius 3 is 2.02 bits per heavy atom. The molecule has 1 aliphatic rings. The Balaban J connectivity index is 1.60. The molecule has 3 aromatic rings. The van der Waals surface area contributed by atoms with Gasteiger partial charge in [-0.1, -0.05) is 66.7 Å². The summed E-state index contributed by atoms with van der Waals surface area (Å²) in [5.74, 6) is 2.34. The van der Waals surface area contributed by atoms with E-state index in [4.69, 9.17) is 10.6 Å². The van der Waals surface area contributed by atoms with E-state index in [0.717, 1.165) is 0 Å². The van der Waals surface area contributed by atoms with E-state index >= 15 is 0 Å². The number of benzene rings is 3. The van der Waals surface area contributed by atoms with Gasteiger partial charge in [0.25, 0.3) is 11.8 Å². The van der Waals surface area contributed by atoms with E-state index in [2.05, 4.69) is 10.6 Å². The number of nitrogens with two attached hydrogens (primary N) is 1. The first-order valence-corrected chi connectivity index (χ1v) is 13.6. The molecule has 3 aromatic carbocycles. The molecule has 0 unspecified atom stereocenters. The lowest BCUT2D eigenvalue weighted by Gasteiger charge is -2.26. The summed E-state index contributed by atoms with van der Waals surface area (Å²) >= 11 is 0. The smallest absolute Gasteiger partial charge is 0.408 e. The maximum Gasteiger partial charge on any atom is 0.408 e. The van der Waals surface area contributed by atoms with Crippen LogP contribution in [0, 0.1) is 0 Å². The van der Waals surface area contributed by atoms with E-state index in [1.807, 2.05) is 0 Å². The Morgan fingerprint density at radius 1 is 0.814 bits per heavy atom. The second-order valence-electron chi connectivity index (χ2n) is 11.1. The third-order valence-electron chi connectivity index (χ3n) is 6.66. The number of nitrogens with zero attached hydrogens (tertiary/aromatic N) is 1. The highest BCUT2D eigenvalue weighted by Gasteiger charge is 2.36. The summed E-state index contributed by atoms with van der Waals surface area (Å²) < 4.78 is 5.19. The molecular formula is C32H32N4O7. The lowest BCUT2D eigenvalue weighted by atomic mass is 9.81. The lowest BCUT2D eigenvalue weighted by molar-refractivity contribution is -0.135. The van der Waals surface area contributed by atoms with Crippen LogP contribution < -0.4 is 16.5 Å². The fourth-order valence-electron chi connectivity index (χ4n) is 4.62. The minimum Gasteiger partial charge on any atom is -0.444 e. The van der Waals surface area contributed by atoms with Crippen molar-refractivity contribution in [2.45, 2.75) is 51.8 Å². The molecule has 4 N–H and O–H groups in total. The number of ketones is 2. The molecule has 2 atom stereocenters. The van der Waals surface area contributed by atoms with Crippen LogP contribution in [0.5, 0.6) is 0 Å². The van der Waals surface area contributed by atoms with Gasteiger partial charge >= 0.3 is 6.09 Å². The molecule has 0 aliphatic heterocycles. The van der Waals surface area contributed by atoms with Crippen molar-refractivity contribution in [1.29, 1.82) is 0 Å². The van der Waals surface area contributed by atoms with Gasteiger partial charge in [0.1, 0.15) is 17.7 Å². The minimum atomic E-state index is -1.33. The number of hydrogen-bond acceptors (Lipinski definition) is 8. The number of fused-ring (bicyclic) bond motifs is 2. The van der Waals surface area contributed by atoms with Crippen molar-refractivity contribution in [2.75, 3.05) is 0 Å². The maximum atomic E-state index is 13.6. The van der Waals surface area contributed by atoms with Gasteiger partial charge in [0.15, 0.2) is 11.6 Å². The van der Waals surface area contributed by atoms with Crippen LogP contribution in [-0.2, 0) is 20.7 Å². The van der Waals surface area contributed by atoms with E-state index in [-0.39, 0.29) is 34.2 Å². The molecule has 0 fully saturated rings. The molecular weight excluding hydrogens is 552 g/mol. The molecule has 0 radical (unpaired) electrons. The Bertz CT molecular complexity index is 1610. The highest BCUT2D eigenvalue weighted by Crippen LogP contribution is 2.30. The standard InChI is InChI=1S/C32H32N4O7/c1-18(34-31(42)43-32(2,3)4)28(39)35-24(17-19-11-6-5-7-12-19)30(41)36(33)29(40)23-16-10-15-22-25(23)27(38)21-14-9-8-13-20(21)26(22)37/h5-16,18,24H,17,33H2,1-4H3,(H,34,42)(H,35,39)/t18-,24-/m0/s1. The van der Waals surface area contributed by atoms with Crippen LogP contribution in [0.3, 0.4) is 0 Å².